The predicted octanol–water partition coefficient (Wildman–Crippen LogP) is 3.57. The summed E-state index contributed by atoms with van der Waals surface area (Å²) >= 11 is 0. The molecule has 86 valence electrons. The van der Waals surface area contributed by atoms with Crippen molar-refractivity contribution in [1.29, 1.82) is 0 Å². The molecule has 2 heteroatoms. The number of fused-ring (bicyclic) bond motifs is 1. The standard InChI is InChI=1S/C14H20N2/c1-6-11-7-14-13(8-12(11)9(2)3)15-10(4)16(14)5/h7-9H,6H2,1-5H3. The third-order valence-corrected chi connectivity index (χ3v) is 3.37. The van der Waals surface area contributed by atoms with Gasteiger partial charge in [0, 0.05) is 7.05 Å². The van der Waals surface area contributed by atoms with Crippen molar-refractivity contribution in [2.75, 3.05) is 0 Å². The van der Waals surface area contributed by atoms with Crippen molar-refractivity contribution in [3.63, 3.8) is 0 Å². The molecule has 0 unspecified atom stereocenters. The van der Waals surface area contributed by atoms with Gasteiger partial charge in [-0.25, -0.2) is 4.98 Å². The summed E-state index contributed by atoms with van der Waals surface area (Å²) in [5, 5.41) is 0. The molecular weight excluding hydrogens is 196 g/mol. The molecule has 0 amide bonds. The Morgan fingerprint density at radius 1 is 1.31 bits per heavy atom. The van der Waals surface area contributed by atoms with Crippen molar-refractivity contribution in [3.05, 3.63) is 29.1 Å². The Morgan fingerprint density at radius 2 is 2.00 bits per heavy atom. The summed E-state index contributed by atoms with van der Waals surface area (Å²) in [4.78, 5) is 4.59. The molecule has 1 aromatic carbocycles. The van der Waals surface area contributed by atoms with Crippen LogP contribution in [0.15, 0.2) is 12.1 Å². The van der Waals surface area contributed by atoms with E-state index < -0.39 is 0 Å². The maximum Gasteiger partial charge on any atom is 0.106 e. The van der Waals surface area contributed by atoms with Crippen molar-refractivity contribution in [2.45, 2.75) is 40.0 Å². The number of benzene rings is 1. The van der Waals surface area contributed by atoms with E-state index in [1.165, 1.54) is 16.6 Å². The van der Waals surface area contributed by atoms with Crippen LogP contribution in [0.5, 0.6) is 0 Å². The Hall–Kier alpha value is -1.31. The quantitative estimate of drug-likeness (QED) is 0.750. The van der Waals surface area contributed by atoms with Crippen LogP contribution in [0.4, 0.5) is 0 Å². The summed E-state index contributed by atoms with van der Waals surface area (Å²) in [5.74, 6) is 1.65. The molecule has 1 heterocycles. The van der Waals surface area contributed by atoms with Gasteiger partial charge in [-0.15, -0.1) is 0 Å². The Morgan fingerprint density at radius 3 is 2.56 bits per heavy atom. The molecule has 2 rings (SSSR count). The lowest BCUT2D eigenvalue weighted by Gasteiger charge is -2.11. The summed E-state index contributed by atoms with van der Waals surface area (Å²) in [5.41, 5.74) is 5.26. The molecule has 2 aromatic rings. The summed E-state index contributed by atoms with van der Waals surface area (Å²) in [7, 11) is 2.08. The molecule has 0 spiro atoms. The van der Waals surface area contributed by atoms with Crippen molar-refractivity contribution in [3.8, 4) is 0 Å². The molecule has 0 aliphatic heterocycles. The van der Waals surface area contributed by atoms with Crippen LogP contribution in [0.25, 0.3) is 11.0 Å². The van der Waals surface area contributed by atoms with E-state index in [4.69, 9.17) is 0 Å². The fourth-order valence-corrected chi connectivity index (χ4v) is 2.26. The van der Waals surface area contributed by atoms with Crippen LogP contribution in [0.3, 0.4) is 0 Å². The minimum absolute atomic E-state index is 0.571. The molecule has 16 heavy (non-hydrogen) atoms. The van der Waals surface area contributed by atoms with Gasteiger partial charge >= 0.3 is 0 Å². The Bertz CT molecular complexity index is 521. The molecule has 0 bridgehead atoms. The van der Waals surface area contributed by atoms with Gasteiger partial charge in [0.05, 0.1) is 11.0 Å². The average molecular weight is 216 g/mol. The normalized spacial score (nSPS) is 11.6. The monoisotopic (exact) mass is 216 g/mol. The second kappa shape index (κ2) is 3.93. The highest BCUT2D eigenvalue weighted by Crippen LogP contribution is 2.26. The van der Waals surface area contributed by atoms with E-state index in [-0.39, 0.29) is 0 Å². The minimum Gasteiger partial charge on any atom is -0.331 e. The zero-order valence-electron chi connectivity index (χ0n) is 10.8. The van der Waals surface area contributed by atoms with E-state index in [2.05, 4.69) is 56.4 Å². The van der Waals surface area contributed by atoms with Gasteiger partial charge in [0.1, 0.15) is 5.82 Å². The summed E-state index contributed by atoms with van der Waals surface area (Å²) in [6, 6.07) is 4.55. The first kappa shape index (κ1) is 11.2. The highest BCUT2D eigenvalue weighted by Gasteiger charge is 2.11. The maximum absolute atomic E-state index is 4.59. The second-order valence-electron chi connectivity index (χ2n) is 4.77. The summed E-state index contributed by atoms with van der Waals surface area (Å²) in [6.45, 7) is 8.77. The molecule has 0 atom stereocenters. The number of imidazole rings is 1. The second-order valence-corrected chi connectivity index (χ2v) is 4.77. The molecular formula is C14H20N2. The van der Waals surface area contributed by atoms with Crippen molar-refractivity contribution in [2.24, 2.45) is 7.05 Å². The molecule has 0 radical (unpaired) electrons. The van der Waals surface area contributed by atoms with Gasteiger partial charge in [-0.05, 0) is 42.5 Å². The first-order valence-corrected chi connectivity index (χ1v) is 6.00. The molecule has 2 nitrogen and oxygen atoms in total. The van der Waals surface area contributed by atoms with Crippen LogP contribution in [0, 0.1) is 6.92 Å². The Kier molecular flexibility index (Phi) is 2.75. The minimum atomic E-state index is 0.571. The van der Waals surface area contributed by atoms with Gasteiger partial charge in [0.25, 0.3) is 0 Å². The lowest BCUT2D eigenvalue weighted by atomic mass is 9.95. The molecule has 0 fully saturated rings. The molecule has 0 saturated heterocycles. The average Bonchev–Trinajstić information content (AvgIpc) is 2.53. The lowest BCUT2D eigenvalue weighted by Crippen LogP contribution is -1.97. The SMILES string of the molecule is CCc1cc2c(cc1C(C)C)nc(C)n2C. The van der Waals surface area contributed by atoms with Crippen LogP contribution >= 0.6 is 0 Å². The van der Waals surface area contributed by atoms with Crippen LogP contribution in [-0.4, -0.2) is 9.55 Å². The van der Waals surface area contributed by atoms with Gasteiger partial charge in [0.2, 0.25) is 0 Å². The van der Waals surface area contributed by atoms with Crippen LogP contribution in [0.2, 0.25) is 0 Å². The van der Waals surface area contributed by atoms with Gasteiger partial charge < -0.3 is 4.57 Å². The molecule has 0 aliphatic carbocycles. The number of rotatable bonds is 2. The van der Waals surface area contributed by atoms with Crippen LogP contribution in [-0.2, 0) is 13.5 Å². The zero-order valence-corrected chi connectivity index (χ0v) is 10.8. The fourth-order valence-electron chi connectivity index (χ4n) is 2.26. The smallest absolute Gasteiger partial charge is 0.106 e. The highest BCUT2D eigenvalue weighted by molar-refractivity contribution is 5.78. The number of hydrogen-bond donors (Lipinski definition) is 0. The topological polar surface area (TPSA) is 17.8 Å². The Balaban J connectivity index is 2.75. The third-order valence-electron chi connectivity index (χ3n) is 3.37. The number of aryl methyl sites for hydroxylation is 3. The van der Waals surface area contributed by atoms with Gasteiger partial charge in [-0.3, -0.25) is 0 Å². The van der Waals surface area contributed by atoms with Crippen LogP contribution in [0.1, 0.15) is 43.6 Å². The maximum atomic E-state index is 4.59. The molecule has 0 saturated carbocycles. The van der Waals surface area contributed by atoms with E-state index >= 15 is 0 Å². The van der Waals surface area contributed by atoms with E-state index in [1.807, 2.05) is 0 Å². The van der Waals surface area contributed by atoms with Gasteiger partial charge in [-0.1, -0.05) is 20.8 Å². The number of hydrogen-bond acceptors (Lipinski definition) is 1. The first-order valence-electron chi connectivity index (χ1n) is 6.00. The van der Waals surface area contributed by atoms with Crippen molar-refractivity contribution >= 4 is 11.0 Å². The lowest BCUT2D eigenvalue weighted by molar-refractivity contribution is 0.845. The fraction of sp³-hybridized carbons (Fsp3) is 0.500. The van der Waals surface area contributed by atoms with Crippen molar-refractivity contribution in [1.82, 2.24) is 9.55 Å². The summed E-state index contributed by atoms with van der Waals surface area (Å²) < 4.78 is 2.17. The summed E-state index contributed by atoms with van der Waals surface area (Å²) in [6.07, 6.45) is 1.09. The molecule has 0 aliphatic rings. The highest BCUT2D eigenvalue weighted by atomic mass is 15.0. The van der Waals surface area contributed by atoms with E-state index in [9.17, 15) is 0 Å². The van der Waals surface area contributed by atoms with Crippen LogP contribution < -0.4 is 0 Å². The number of nitrogens with zero attached hydrogens (tertiary/aromatic N) is 2. The number of aromatic nitrogens is 2. The Labute approximate surface area is 97.3 Å². The van der Waals surface area contributed by atoms with Gasteiger partial charge in [0.15, 0.2) is 0 Å². The van der Waals surface area contributed by atoms with Gasteiger partial charge in [-0.2, -0.15) is 0 Å². The predicted molar refractivity (Wildman–Crippen MR) is 68.9 cm³/mol. The largest absolute Gasteiger partial charge is 0.331 e. The van der Waals surface area contributed by atoms with E-state index in [0.717, 1.165) is 17.8 Å². The molecule has 0 N–H and O–H groups in total. The van der Waals surface area contributed by atoms with E-state index in [0.29, 0.717) is 5.92 Å². The third kappa shape index (κ3) is 1.62. The zero-order chi connectivity index (χ0) is 11.9. The molecule has 1 aromatic heterocycles. The van der Waals surface area contributed by atoms with E-state index in [1.54, 1.807) is 0 Å². The first-order chi connectivity index (χ1) is 7.54. The van der Waals surface area contributed by atoms with Crippen molar-refractivity contribution < 1.29 is 0 Å².